The first kappa shape index (κ1) is 13.4. The first-order valence-electron chi connectivity index (χ1n) is 5.84. The monoisotopic (exact) mass is 321 g/mol. The number of nitrogens with zero attached hydrogens (tertiary/aromatic N) is 1. The second-order valence-corrected chi connectivity index (χ2v) is 5.89. The highest BCUT2D eigenvalue weighted by Crippen LogP contribution is 2.32. The normalized spacial score (nSPS) is 10.7. The quantitative estimate of drug-likeness (QED) is 0.677. The topological polar surface area (TPSA) is 33.1 Å². The molecule has 0 spiro atoms. The van der Waals surface area contributed by atoms with Gasteiger partial charge in [0.2, 0.25) is 0 Å². The number of aromatic hydroxyl groups is 1. The summed E-state index contributed by atoms with van der Waals surface area (Å²) in [6.07, 6.45) is 0. The Morgan fingerprint density at radius 3 is 2.55 bits per heavy atom. The highest BCUT2D eigenvalue weighted by atomic mass is 35.5. The Morgan fingerprint density at radius 1 is 0.950 bits per heavy atom. The molecule has 0 amide bonds. The molecule has 0 radical (unpaired) electrons. The Hall–Kier alpha value is -1.55. The number of thiazole rings is 1. The van der Waals surface area contributed by atoms with Crippen molar-refractivity contribution in [2.45, 2.75) is 0 Å². The lowest BCUT2D eigenvalue weighted by Gasteiger charge is -2.00. The predicted molar refractivity (Wildman–Crippen MR) is 84.7 cm³/mol. The number of rotatable bonds is 2. The van der Waals surface area contributed by atoms with E-state index in [1.54, 1.807) is 30.3 Å². The molecule has 20 heavy (non-hydrogen) atoms. The zero-order chi connectivity index (χ0) is 14.1. The second kappa shape index (κ2) is 5.44. The van der Waals surface area contributed by atoms with E-state index in [0.29, 0.717) is 10.0 Å². The van der Waals surface area contributed by atoms with Crippen LogP contribution in [0.2, 0.25) is 10.0 Å². The molecule has 0 saturated carbocycles. The van der Waals surface area contributed by atoms with Gasteiger partial charge < -0.3 is 5.11 Å². The van der Waals surface area contributed by atoms with Gasteiger partial charge in [-0.3, -0.25) is 0 Å². The van der Waals surface area contributed by atoms with E-state index in [1.807, 2.05) is 17.5 Å². The van der Waals surface area contributed by atoms with Crippen molar-refractivity contribution in [3.05, 3.63) is 57.9 Å². The van der Waals surface area contributed by atoms with Gasteiger partial charge in [0.25, 0.3) is 0 Å². The van der Waals surface area contributed by atoms with Gasteiger partial charge >= 0.3 is 0 Å². The Labute approximate surface area is 130 Å². The molecule has 0 aliphatic carbocycles. The maximum absolute atomic E-state index is 9.51. The average molecular weight is 322 g/mol. The molecule has 2 nitrogen and oxygen atoms in total. The van der Waals surface area contributed by atoms with E-state index in [0.717, 1.165) is 21.8 Å². The minimum atomic E-state index is 0.230. The van der Waals surface area contributed by atoms with Crippen molar-refractivity contribution in [2.24, 2.45) is 0 Å². The van der Waals surface area contributed by atoms with Crippen molar-refractivity contribution < 1.29 is 5.11 Å². The number of hydrogen-bond acceptors (Lipinski definition) is 3. The molecule has 0 aliphatic rings. The Bertz CT molecular complexity index is 770. The minimum absolute atomic E-state index is 0.230. The van der Waals surface area contributed by atoms with Gasteiger partial charge in [0.05, 0.1) is 15.7 Å². The standard InChI is InChI=1S/C15H9Cl2NOS/c16-12-5-4-9(7-13(12)17)14-8-20-15(18-14)10-2-1-3-11(19)6-10/h1-8,19H. The fourth-order valence-electron chi connectivity index (χ4n) is 1.83. The van der Waals surface area contributed by atoms with E-state index in [4.69, 9.17) is 23.2 Å². The van der Waals surface area contributed by atoms with Crippen molar-refractivity contribution in [1.29, 1.82) is 0 Å². The highest BCUT2D eigenvalue weighted by Gasteiger charge is 2.08. The third kappa shape index (κ3) is 2.66. The zero-order valence-corrected chi connectivity index (χ0v) is 12.5. The first-order valence-corrected chi connectivity index (χ1v) is 7.47. The van der Waals surface area contributed by atoms with Gasteiger partial charge in [-0.25, -0.2) is 4.98 Å². The van der Waals surface area contributed by atoms with Crippen LogP contribution in [0.15, 0.2) is 47.8 Å². The van der Waals surface area contributed by atoms with Crippen molar-refractivity contribution in [1.82, 2.24) is 4.98 Å². The van der Waals surface area contributed by atoms with Gasteiger partial charge in [-0.2, -0.15) is 0 Å². The fraction of sp³-hybridized carbons (Fsp3) is 0. The van der Waals surface area contributed by atoms with E-state index >= 15 is 0 Å². The van der Waals surface area contributed by atoms with Crippen LogP contribution in [-0.4, -0.2) is 10.1 Å². The number of halogens is 2. The molecule has 0 fully saturated rings. The van der Waals surface area contributed by atoms with Gasteiger partial charge in [0.15, 0.2) is 0 Å². The molecule has 100 valence electrons. The summed E-state index contributed by atoms with van der Waals surface area (Å²) in [5, 5.41) is 13.4. The van der Waals surface area contributed by atoms with Crippen LogP contribution in [0.3, 0.4) is 0 Å². The molecule has 0 unspecified atom stereocenters. The average Bonchev–Trinajstić information content (AvgIpc) is 2.92. The largest absolute Gasteiger partial charge is 0.508 e. The summed E-state index contributed by atoms with van der Waals surface area (Å²) in [7, 11) is 0. The third-order valence-corrected chi connectivity index (χ3v) is 4.44. The van der Waals surface area contributed by atoms with Crippen LogP contribution in [0.5, 0.6) is 5.75 Å². The number of hydrogen-bond donors (Lipinski definition) is 1. The number of phenolic OH excluding ortho intramolecular Hbond substituents is 1. The van der Waals surface area contributed by atoms with Crippen LogP contribution in [0, 0.1) is 0 Å². The summed E-state index contributed by atoms with van der Waals surface area (Å²) in [6.45, 7) is 0. The van der Waals surface area contributed by atoms with Gasteiger partial charge in [-0.15, -0.1) is 11.3 Å². The van der Waals surface area contributed by atoms with Crippen LogP contribution >= 0.6 is 34.5 Å². The van der Waals surface area contributed by atoms with Gasteiger partial charge in [0, 0.05) is 16.5 Å². The molecule has 0 bridgehead atoms. The summed E-state index contributed by atoms with van der Waals surface area (Å²) in [6, 6.07) is 12.5. The number of benzene rings is 2. The first-order chi connectivity index (χ1) is 9.63. The van der Waals surface area contributed by atoms with Crippen molar-refractivity contribution in [3.8, 4) is 27.6 Å². The summed E-state index contributed by atoms with van der Waals surface area (Å²) in [5.74, 6) is 0.230. The third-order valence-electron chi connectivity index (χ3n) is 2.81. The predicted octanol–water partition coefficient (Wildman–Crippen LogP) is 5.49. The second-order valence-electron chi connectivity index (χ2n) is 4.22. The van der Waals surface area contributed by atoms with E-state index < -0.39 is 0 Å². The van der Waals surface area contributed by atoms with E-state index in [1.165, 1.54) is 11.3 Å². The molecule has 5 heteroatoms. The molecule has 1 aromatic heterocycles. The molecular weight excluding hydrogens is 313 g/mol. The van der Waals surface area contributed by atoms with Crippen LogP contribution in [0.4, 0.5) is 0 Å². The van der Waals surface area contributed by atoms with Crippen molar-refractivity contribution in [3.63, 3.8) is 0 Å². The molecule has 0 aliphatic heterocycles. The van der Waals surface area contributed by atoms with Crippen LogP contribution < -0.4 is 0 Å². The van der Waals surface area contributed by atoms with Crippen LogP contribution in [-0.2, 0) is 0 Å². The van der Waals surface area contributed by atoms with Gasteiger partial charge in [-0.1, -0.05) is 41.4 Å². The lowest BCUT2D eigenvalue weighted by atomic mass is 10.2. The minimum Gasteiger partial charge on any atom is -0.508 e. The smallest absolute Gasteiger partial charge is 0.124 e. The Kier molecular flexibility index (Phi) is 3.66. The molecule has 2 aromatic carbocycles. The molecule has 1 heterocycles. The summed E-state index contributed by atoms with van der Waals surface area (Å²) in [4.78, 5) is 4.57. The summed E-state index contributed by atoms with van der Waals surface area (Å²) in [5.41, 5.74) is 2.65. The highest BCUT2D eigenvalue weighted by molar-refractivity contribution is 7.13. The maximum Gasteiger partial charge on any atom is 0.124 e. The zero-order valence-electron chi connectivity index (χ0n) is 10.2. The summed E-state index contributed by atoms with van der Waals surface area (Å²) >= 11 is 13.4. The Morgan fingerprint density at radius 2 is 1.80 bits per heavy atom. The fourth-order valence-corrected chi connectivity index (χ4v) is 2.96. The lowest BCUT2D eigenvalue weighted by molar-refractivity contribution is 0.475. The Balaban J connectivity index is 1.99. The van der Waals surface area contributed by atoms with Crippen LogP contribution in [0.25, 0.3) is 21.8 Å². The molecule has 3 rings (SSSR count). The molecule has 0 saturated heterocycles. The van der Waals surface area contributed by atoms with Crippen LogP contribution in [0.1, 0.15) is 0 Å². The van der Waals surface area contributed by atoms with E-state index in [9.17, 15) is 5.11 Å². The molecular formula is C15H9Cl2NOS. The number of phenols is 1. The van der Waals surface area contributed by atoms with Crippen molar-refractivity contribution >= 4 is 34.5 Å². The number of aromatic nitrogens is 1. The van der Waals surface area contributed by atoms with Gasteiger partial charge in [-0.05, 0) is 24.3 Å². The molecule has 1 N–H and O–H groups in total. The lowest BCUT2D eigenvalue weighted by Crippen LogP contribution is -1.80. The summed E-state index contributed by atoms with van der Waals surface area (Å²) < 4.78 is 0. The SMILES string of the molecule is Oc1cccc(-c2nc(-c3ccc(Cl)c(Cl)c3)cs2)c1. The maximum atomic E-state index is 9.51. The van der Waals surface area contributed by atoms with E-state index in [-0.39, 0.29) is 5.75 Å². The van der Waals surface area contributed by atoms with Gasteiger partial charge in [0.1, 0.15) is 10.8 Å². The molecule has 3 aromatic rings. The van der Waals surface area contributed by atoms with E-state index in [2.05, 4.69) is 4.98 Å². The molecule has 0 atom stereocenters. The van der Waals surface area contributed by atoms with Crippen molar-refractivity contribution in [2.75, 3.05) is 0 Å².